The van der Waals surface area contributed by atoms with Gasteiger partial charge in [0.15, 0.2) is 0 Å². The molecule has 2 unspecified atom stereocenters. The Labute approximate surface area is 165 Å². The quantitative estimate of drug-likeness (QED) is 0.747. The lowest BCUT2D eigenvalue weighted by atomic mass is 9.74. The van der Waals surface area contributed by atoms with E-state index in [1.165, 1.54) is 5.56 Å². The molecule has 144 valence electrons. The number of nitrogens with zero attached hydrogens (tertiary/aromatic N) is 2. The predicted molar refractivity (Wildman–Crippen MR) is 111 cm³/mol. The second kappa shape index (κ2) is 6.87. The molecule has 1 aromatic heterocycles. The largest absolute Gasteiger partial charge is 0.384 e. The molecule has 0 radical (unpaired) electrons. The topological polar surface area (TPSA) is 92.4 Å². The molecule has 0 saturated heterocycles. The number of fused-ring (bicyclic) bond motifs is 1. The molecular weight excluding hydrogens is 350 g/mol. The second-order valence-electron chi connectivity index (χ2n) is 8.03. The van der Waals surface area contributed by atoms with Crippen LogP contribution < -0.4 is 16.4 Å². The summed E-state index contributed by atoms with van der Waals surface area (Å²) in [7, 11) is 0. The maximum absolute atomic E-state index is 12.8. The van der Waals surface area contributed by atoms with E-state index in [0.29, 0.717) is 6.54 Å². The fraction of sp³-hybridized carbons (Fsp3) is 0.318. The van der Waals surface area contributed by atoms with Crippen LogP contribution in [0.15, 0.2) is 59.9 Å². The molecular formula is C22H25N5O. The molecule has 2 aliphatic rings. The fourth-order valence-electron chi connectivity index (χ4n) is 4.03. The predicted octanol–water partition coefficient (Wildman–Crippen LogP) is 2.26. The molecule has 2 aliphatic heterocycles. The lowest BCUT2D eigenvalue weighted by Crippen LogP contribution is -2.55. The molecule has 0 spiro atoms. The van der Waals surface area contributed by atoms with Crippen molar-refractivity contribution in [1.29, 1.82) is 0 Å². The summed E-state index contributed by atoms with van der Waals surface area (Å²) in [6, 6.07) is 10.0. The van der Waals surface area contributed by atoms with Crippen molar-refractivity contribution >= 4 is 17.8 Å². The van der Waals surface area contributed by atoms with E-state index >= 15 is 0 Å². The number of benzene rings is 1. The number of pyridine rings is 1. The fourth-order valence-corrected chi connectivity index (χ4v) is 4.03. The third-order valence-corrected chi connectivity index (χ3v) is 5.72. The van der Waals surface area contributed by atoms with Gasteiger partial charge in [0.25, 0.3) is 0 Å². The van der Waals surface area contributed by atoms with Crippen molar-refractivity contribution in [2.75, 3.05) is 11.9 Å². The van der Waals surface area contributed by atoms with E-state index in [2.05, 4.69) is 40.5 Å². The van der Waals surface area contributed by atoms with E-state index in [-0.39, 0.29) is 5.41 Å². The maximum Gasteiger partial charge on any atom is 0.235 e. The molecule has 28 heavy (non-hydrogen) atoms. The third-order valence-electron chi connectivity index (χ3n) is 5.72. The van der Waals surface area contributed by atoms with Crippen LogP contribution in [-0.4, -0.2) is 29.8 Å². The number of allylic oxidation sites excluding steroid dienone is 1. The van der Waals surface area contributed by atoms with Crippen molar-refractivity contribution in [3.63, 3.8) is 0 Å². The minimum atomic E-state index is -1.05. The number of nitrogens with two attached hydrogens (primary N) is 1. The standard InChI is InChI=1S/C22H25N5O/c1-21(2)14-27-18-12-16(4-5-17(18)21)22(19(23)28)8-3-9-25-20(22)26-13-15-6-10-24-11-7-15/h3-12,20,26-27H,13-14H2,1-2H3,(H2,23,28). The van der Waals surface area contributed by atoms with Gasteiger partial charge in [-0.3, -0.25) is 20.1 Å². The van der Waals surface area contributed by atoms with Gasteiger partial charge in [0.1, 0.15) is 11.6 Å². The van der Waals surface area contributed by atoms with Crippen LogP contribution in [0.25, 0.3) is 0 Å². The lowest BCUT2D eigenvalue weighted by molar-refractivity contribution is -0.122. The number of carbonyl (C=O) groups excluding carboxylic acids is 1. The monoisotopic (exact) mass is 375 g/mol. The second-order valence-corrected chi connectivity index (χ2v) is 8.03. The Bertz CT molecular complexity index is 951. The van der Waals surface area contributed by atoms with E-state index in [9.17, 15) is 4.79 Å². The molecule has 0 saturated carbocycles. The van der Waals surface area contributed by atoms with Gasteiger partial charge in [-0.25, -0.2) is 0 Å². The van der Waals surface area contributed by atoms with E-state index in [0.717, 1.165) is 23.4 Å². The van der Waals surface area contributed by atoms with Crippen molar-refractivity contribution in [2.45, 2.75) is 37.4 Å². The molecule has 0 fully saturated rings. The zero-order valence-electron chi connectivity index (χ0n) is 16.1. The van der Waals surface area contributed by atoms with Gasteiger partial charge >= 0.3 is 0 Å². The van der Waals surface area contributed by atoms with Crippen molar-refractivity contribution in [2.24, 2.45) is 10.7 Å². The summed E-state index contributed by atoms with van der Waals surface area (Å²) in [6.07, 6.45) is 8.36. The highest BCUT2D eigenvalue weighted by Gasteiger charge is 2.45. The highest BCUT2D eigenvalue weighted by Crippen LogP contribution is 2.41. The molecule has 2 atom stereocenters. The summed E-state index contributed by atoms with van der Waals surface area (Å²) in [5.41, 5.74) is 9.18. The average Bonchev–Trinajstić information content (AvgIpc) is 3.01. The zero-order chi connectivity index (χ0) is 19.8. The summed E-state index contributed by atoms with van der Waals surface area (Å²) >= 11 is 0. The number of carbonyl (C=O) groups is 1. The van der Waals surface area contributed by atoms with Crippen LogP contribution in [0.1, 0.15) is 30.5 Å². The van der Waals surface area contributed by atoms with Gasteiger partial charge in [-0.2, -0.15) is 0 Å². The average molecular weight is 375 g/mol. The molecule has 0 bridgehead atoms. The number of aromatic nitrogens is 1. The number of hydrogen-bond donors (Lipinski definition) is 3. The molecule has 2 aromatic rings. The van der Waals surface area contributed by atoms with Crippen LogP contribution >= 0.6 is 0 Å². The summed E-state index contributed by atoms with van der Waals surface area (Å²) in [4.78, 5) is 21.4. The molecule has 3 heterocycles. The molecule has 1 aromatic carbocycles. The minimum absolute atomic E-state index is 0.0628. The van der Waals surface area contributed by atoms with Crippen LogP contribution in [0, 0.1) is 0 Å². The first-order valence-corrected chi connectivity index (χ1v) is 9.45. The Morgan fingerprint density at radius 3 is 2.82 bits per heavy atom. The Hall–Kier alpha value is -2.99. The smallest absolute Gasteiger partial charge is 0.235 e. The Morgan fingerprint density at radius 2 is 2.07 bits per heavy atom. The molecule has 6 heteroatoms. The van der Waals surface area contributed by atoms with Crippen LogP contribution in [0.5, 0.6) is 0 Å². The highest BCUT2D eigenvalue weighted by atomic mass is 16.1. The maximum atomic E-state index is 12.8. The number of aliphatic imine (C=N–C) groups is 1. The van der Waals surface area contributed by atoms with Crippen LogP contribution in [0.3, 0.4) is 0 Å². The van der Waals surface area contributed by atoms with Crippen molar-refractivity contribution in [1.82, 2.24) is 10.3 Å². The number of rotatable bonds is 5. The summed E-state index contributed by atoms with van der Waals surface area (Å²) < 4.78 is 0. The van der Waals surface area contributed by atoms with Gasteiger partial charge in [0.2, 0.25) is 5.91 Å². The van der Waals surface area contributed by atoms with Crippen molar-refractivity contribution in [3.05, 3.63) is 71.6 Å². The molecule has 4 N–H and O–H groups in total. The van der Waals surface area contributed by atoms with Gasteiger partial charge in [0, 0.05) is 42.8 Å². The number of hydrogen-bond acceptors (Lipinski definition) is 5. The van der Waals surface area contributed by atoms with E-state index in [4.69, 9.17) is 5.73 Å². The number of primary amides is 1. The number of anilines is 1. The SMILES string of the molecule is CC1(C)CNc2cc(C3(C(N)=O)C=CC=NC3NCc3ccncc3)ccc21. The summed E-state index contributed by atoms with van der Waals surface area (Å²) in [5, 5.41) is 6.85. The first kappa shape index (κ1) is 18.4. The Kier molecular flexibility index (Phi) is 4.51. The van der Waals surface area contributed by atoms with Crippen LogP contribution in [-0.2, 0) is 22.2 Å². The first-order valence-electron chi connectivity index (χ1n) is 9.45. The van der Waals surface area contributed by atoms with Gasteiger partial charge in [-0.1, -0.05) is 32.1 Å². The Balaban J connectivity index is 1.70. The molecule has 1 amide bonds. The van der Waals surface area contributed by atoms with Gasteiger partial charge in [-0.05, 0) is 41.0 Å². The summed E-state index contributed by atoms with van der Waals surface area (Å²) in [5.74, 6) is -0.426. The number of amides is 1. The lowest BCUT2D eigenvalue weighted by Gasteiger charge is -2.36. The van der Waals surface area contributed by atoms with Crippen LogP contribution in [0.2, 0.25) is 0 Å². The van der Waals surface area contributed by atoms with Crippen molar-refractivity contribution < 1.29 is 4.79 Å². The minimum Gasteiger partial charge on any atom is -0.384 e. The molecule has 6 nitrogen and oxygen atoms in total. The third kappa shape index (κ3) is 2.99. The zero-order valence-corrected chi connectivity index (χ0v) is 16.1. The molecule has 0 aliphatic carbocycles. The number of nitrogens with one attached hydrogen (secondary N) is 2. The van der Waals surface area contributed by atoms with Gasteiger partial charge in [-0.15, -0.1) is 0 Å². The van der Waals surface area contributed by atoms with Crippen LogP contribution in [0.4, 0.5) is 5.69 Å². The van der Waals surface area contributed by atoms with E-state index < -0.39 is 17.5 Å². The van der Waals surface area contributed by atoms with Gasteiger partial charge < -0.3 is 11.1 Å². The van der Waals surface area contributed by atoms with Crippen molar-refractivity contribution in [3.8, 4) is 0 Å². The van der Waals surface area contributed by atoms with E-state index in [1.807, 2.05) is 30.3 Å². The summed E-state index contributed by atoms with van der Waals surface area (Å²) in [6.45, 7) is 5.84. The number of dihydropyridines is 1. The Morgan fingerprint density at radius 1 is 1.29 bits per heavy atom. The first-order chi connectivity index (χ1) is 13.4. The van der Waals surface area contributed by atoms with E-state index in [1.54, 1.807) is 24.7 Å². The highest BCUT2D eigenvalue weighted by molar-refractivity contribution is 5.93. The normalized spacial score (nSPS) is 24.6. The van der Waals surface area contributed by atoms with Gasteiger partial charge in [0.05, 0.1) is 0 Å². The molecule has 4 rings (SSSR count).